The van der Waals surface area contributed by atoms with Crippen molar-refractivity contribution in [1.82, 2.24) is 0 Å². The third-order valence-corrected chi connectivity index (χ3v) is 2.06. The Labute approximate surface area is 92.5 Å². The Hall–Kier alpha value is -2.06. The minimum absolute atomic E-state index is 0.0842. The number of esters is 1. The fourth-order valence-electron chi connectivity index (χ4n) is 1.32. The molecular weight excluding hydrogens is 210 g/mol. The molecule has 5 nitrogen and oxygen atoms in total. The van der Waals surface area contributed by atoms with Crippen LogP contribution in [0.15, 0.2) is 12.1 Å². The van der Waals surface area contributed by atoms with Gasteiger partial charge in [0.15, 0.2) is 0 Å². The van der Waals surface area contributed by atoms with Crippen LogP contribution < -0.4 is 0 Å². The number of nitrogens with zero attached hydrogens (tertiary/aromatic N) is 1. The molecule has 0 unspecified atom stereocenters. The van der Waals surface area contributed by atoms with Crippen LogP contribution in [0.2, 0.25) is 0 Å². The van der Waals surface area contributed by atoms with Gasteiger partial charge in [-0.25, -0.2) is 4.79 Å². The van der Waals surface area contributed by atoms with Gasteiger partial charge in [0.2, 0.25) is 0 Å². The summed E-state index contributed by atoms with van der Waals surface area (Å²) in [5, 5.41) is 27.3. The average molecular weight is 221 g/mol. The summed E-state index contributed by atoms with van der Waals surface area (Å²) in [5.74, 6) is -0.886. The average Bonchev–Trinajstić information content (AvgIpc) is 2.28. The third kappa shape index (κ3) is 2.12. The lowest BCUT2D eigenvalue weighted by Gasteiger charge is -2.09. The minimum atomic E-state index is -0.622. The Bertz CT molecular complexity index is 448. The number of nitriles is 1. The molecule has 0 aliphatic carbocycles. The van der Waals surface area contributed by atoms with Crippen molar-refractivity contribution in [2.45, 2.75) is 13.5 Å². The topological polar surface area (TPSA) is 90.5 Å². The van der Waals surface area contributed by atoms with E-state index in [1.807, 2.05) is 0 Å². The lowest BCUT2D eigenvalue weighted by molar-refractivity contribution is 0.0522. The molecule has 0 spiro atoms. The van der Waals surface area contributed by atoms with Gasteiger partial charge in [0.1, 0.15) is 17.4 Å². The van der Waals surface area contributed by atoms with Gasteiger partial charge in [-0.15, -0.1) is 0 Å². The molecule has 0 saturated carbocycles. The molecule has 0 aliphatic rings. The summed E-state index contributed by atoms with van der Waals surface area (Å²) < 4.78 is 4.77. The monoisotopic (exact) mass is 221 g/mol. The number of hydrogen-bond donors (Lipinski definition) is 2. The van der Waals surface area contributed by atoms with E-state index in [4.69, 9.17) is 15.1 Å². The van der Waals surface area contributed by atoms with Crippen LogP contribution in [0.1, 0.15) is 28.4 Å². The molecule has 84 valence electrons. The largest absolute Gasteiger partial charge is 0.507 e. The van der Waals surface area contributed by atoms with Crippen LogP contribution in [0.3, 0.4) is 0 Å². The van der Waals surface area contributed by atoms with Crippen LogP contribution in [0.25, 0.3) is 0 Å². The SMILES string of the molecule is CCOC(=O)c1ccc(O)c(C#N)c1CO. The zero-order chi connectivity index (χ0) is 12.1. The molecule has 0 saturated heterocycles. The molecule has 0 bridgehead atoms. The lowest BCUT2D eigenvalue weighted by atomic mass is 10.0. The molecule has 0 heterocycles. The van der Waals surface area contributed by atoms with E-state index in [1.54, 1.807) is 13.0 Å². The van der Waals surface area contributed by atoms with E-state index >= 15 is 0 Å². The van der Waals surface area contributed by atoms with Crippen LogP contribution in [-0.2, 0) is 11.3 Å². The van der Waals surface area contributed by atoms with E-state index in [-0.39, 0.29) is 29.0 Å². The number of aliphatic hydroxyl groups excluding tert-OH is 1. The van der Waals surface area contributed by atoms with Gasteiger partial charge >= 0.3 is 5.97 Å². The van der Waals surface area contributed by atoms with Gasteiger partial charge in [-0.1, -0.05) is 0 Å². The predicted molar refractivity (Wildman–Crippen MR) is 54.7 cm³/mol. The van der Waals surface area contributed by atoms with Crippen molar-refractivity contribution in [2.24, 2.45) is 0 Å². The summed E-state index contributed by atoms with van der Waals surface area (Å²) in [7, 11) is 0. The van der Waals surface area contributed by atoms with Crippen LogP contribution >= 0.6 is 0 Å². The number of aliphatic hydroxyl groups is 1. The van der Waals surface area contributed by atoms with Gasteiger partial charge in [0.05, 0.1) is 18.8 Å². The van der Waals surface area contributed by atoms with Crippen molar-refractivity contribution in [3.05, 3.63) is 28.8 Å². The third-order valence-electron chi connectivity index (χ3n) is 2.06. The van der Waals surface area contributed by atoms with Crippen molar-refractivity contribution >= 4 is 5.97 Å². The normalized spacial score (nSPS) is 9.56. The molecule has 5 heteroatoms. The summed E-state index contributed by atoms with van der Waals surface area (Å²) >= 11 is 0. The Morgan fingerprint density at radius 2 is 2.25 bits per heavy atom. The maximum absolute atomic E-state index is 11.5. The zero-order valence-electron chi connectivity index (χ0n) is 8.73. The van der Waals surface area contributed by atoms with Crippen LogP contribution in [0.4, 0.5) is 0 Å². The standard InChI is InChI=1S/C11H11NO4/c1-2-16-11(15)7-3-4-10(14)8(5-12)9(7)6-13/h3-4,13-14H,2,6H2,1H3. The molecule has 0 amide bonds. The van der Waals surface area contributed by atoms with Crippen molar-refractivity contribution in [3.8, 4) is 11.8 Å². The number of ether oxygens (including phenoxy) is 1. The first-order chi connectivity index (χ1) is 7.65. The molecule has 16 heavy (non-hydrogen) atoms. The number of phenolic OH excluding ortho intramolecular Hbond substituents is 1. The van der Waals surface area contributed by atoms with Crippen molar-refractivity contribution in [3.63, 3.8) is 0 Å². The van der Waals surface area contributed by atoms with E-state index in [9.17, 15) is 9.90 Å². The second-order valence-corrected chi connectivity index (χ2v) is 2.98. The van der Waals surface area contributed by atoms with Gasteiger partial charge in [-0.2, -0.15) is 5.26 Å². The van der Waals surface area contributed by atoms with E-state index < -0.39 is 12.6 Å². The second kappa shape index (κ2) is 5.14. The number of aromatic hydroxyl groups is 1. The van der Waals surface area contributed by atoms with Gasteiger partial charge in [0.25, 0.3) is 0 Å². The summed E-state index contributed by atoms with van der Waals surface area (Å²) in [6, 6.07) is 4.28. The van der Waals surface area contributed by atoms with E-state index in [2.05, 4.69) is 0 Å². The highest BCUT2D eigenvalue weighted by Crippen LogP contribution is 2.24. The predicted octanol–water partition coefficient (Wildman–Crippen LogP) is 0.933. The molecule has 1 aromatic rings. The molecular formula is C11H11NO4. The number of rotatable bonds is 3. The Balaban J connectivity index is 3.31. The van der Waals surface area contributed by atoms with E-state index in [0.717, 1.165) is 0 Å². The highest BCUT2D eigenvalue weighted by Gasteiger charge is 2.18. The maximum Gasteiger partial charge on any atom is 0.338 e. The molecule has 0 atom stereocenters. The summed E-state index contributed by atoms with van der Waals surface area (Å²) in [6.45, 7) is 1.35. The summed E-state index contributed by atoms with van der Waals surface area (Å²) in [6.07, 6.45) is 0. The van der Waals surface area contributed by atoms with E-state index in [1.165, 1.54) is 12.1 Å². The first-order valence-electron chi connectivity index (χ1n) is 4.68. The number of carbonyl (C=O) groups excluding carboxylic acids is 1. The number of phenols is 1. The van der Waals surface area contributed by atoms with E-state index in [0.29, 0.717) is 0 Å². The molecule has 0 radical (unpaired) electrons. The van der Waals surface area contributed by atoms with Gasteiger partial charge in [-0.05, 0) is 19.1 Å². The van der Waals surface area contributed by atoms with Gasteiger partial charge < -0.3 is 14.9 Å². The van der Waals surface area contributed by atoms with Crippen molar-refractivity contribution in [1.29, 1.82) is 5.26 Å². The summed E-state index contributed by atoms with van der Waals surface area (Å²) in [4.78, 5) is 11.5. The number of benzene rings is 1. The highest BCUT2D eigenvalue weighted by molar-refractivity contribution is 5.92. The number of carbonyl (C=O) groups is 1. The Kier molecular flexibility index (Phi) is 3.86. The lowest BCUT2D eigenvalue weighted by Crippen LogP contribution is -2.09. The molecule has 0 aliphatic heterocycles. The van der Waals surface area contributed by atoms with Gasteiger partial charge in [0, 0.05) is 5.56 Å². The molecule has 1 aromatic carbocycles. The van der Waals surface area contributed by atoms with Crippen LogP contribution in [0, 0.1) is 11.3 Å². The first-order valence-corrected chi connectivity index (χ1v) is 4.68. The highest BCUT2D eigenvalue weighted by atomic mass is 16.5. The van der Waals surface area contributed by atoms with Crippen LogP contribution in [0.5, 0.6) is 5.75 Å². The Morgan fingerprint density at radius 1 is 1.56 bits per heavy atom. The number of hydrogen-bond acceptors (Lipinski definition) is 5. The molecule has 1 rings (SSSR count). The van der Waals surface area contributed by atoms with Crippen LogP contribution in [-0.4, -0.2) is 22.8 Å². The maximum atomic E-state index is 11.5. The fraction of sp³-hybridized carbons (Fsp3) is 0.273. The molecule has 2 N–H and O–H groups in total. The smallest absolute Gasteiger partial charge is 0.338 e. The Morgan fingerprint density at radius 3 is 2.75 bits per heavy atom. The zero-order valence-corrected chi connectivity index (χ0v) is 8.73. The molecule has 0 aromatic heterocycles. The fourth-order valence-corrected chi connectivity index (χ4v) is 1.32. The minimum Gasteiger partial charge on any atom is -0.507 e. The van der Waals surface area contributed by atoms with Crippen molar-refractivity contribution in [2.75, 3.05) is 6.61 Å². The first kappa shape index (κ1) is 12.0. The quantitative estimate of drug-likeness (QED) is 0.741. The summed E-state index contributed by atoms with van der Waals surface area (Å²) in [5.41, 5.74) is 0.0766. The second-order valence-electron chi connectivity index (χ2n) is 2.98. The van der Waals surface area contributed by atoms with Gasteiger partial charge in [-0.3, -0.25) is 0 Å². The molecule has 0 fully saturated rings. The van der Waals surface area contributed by atoms with Crippen molar-refractivity contribution < 1.29 is 19.7 Å².